The molecule has 1 fully saturated rings. The van der Waals surface area contributed by atoms with Crippen LogP contribution in [0.15, 0.2) is 36.4 Å². The number of ether oxygens (including phenoxy) is 2. The van der Waals surface area contributed by atoms with E-state index in [1.165, 1.54) is 23.1 Å². The van der Waals surface area contributed by atoms with E-state index in [4.69, 9.17) is 21.1 Å². The summed E-state index contributed by atoms with van der Waals surface area (Å²) in [6.45, 7) is 4.88. The first-order valence-corrected chi connectivity index (χ1v) is 10.8. The second kappa shape index (κ2) is 8.99. The molecule has 0 atom stereocenters. The Kier molecular flexibility index (Phi) is 6.27. The maximum Gasteiger partial charge on any atom is 0.271 e. The first-order valence-electron chi connectivity index (χ1n) is 10.4. The van der Waals surface area contributed by atoms with Crippen molar-refractivity contribution in [1.82, 2.24) is 4.90 Å². The van der Waals surface area contributed by atoms with E-state index in [0.717, 1.165) is 6.07 Å². The average Bonchev–Trinajstić information content (AvgIpc) is 2.79. The Balaban J connectivity index is 1.61. The fraction of sp³-hybridized carbons (Fsp3) is 0.348. The van der Waals surface area contributed by atoms with E-state index in [1.54, 1.807) is 30.9 Å². The van der Waals surface area contributed by atoms with Gasteiger partial charge in [-0.2, -0.15) is 0 Å². The Morgan fingerprint density at radius 3 is 2.58 bits per heavy atom. The number of anilines is 2. The van der Waals surface area contributed by atoms with Gasteiger partial charge in [0.2, 0.25) is 5.91 Å². The molecule has 4 rings (SSSR count). The number of nitrogens with one attached hydrogen (secondary N) is 1. The van der Waals surface area contributed by atoms with E-state index in [2.05, 4.69) is 5.32 Å². The quantitative estimate of drug-likeness (QED) is 0.734. The number of fused-ring (bicyclic) bond motifs is 1. The minimum absolute atomic E-state index is 0.118. The Morgan fingerprint density at radius 2 is 1.88 bits per heavy atom. The molecule has 8 nitrogen and oxygen atoms in total. The van der Waals surface area contributed by atoms with Crippen LogP contribution in [0.4, 0.5) is 15.8 Å². The maximum atomic E-state index is 13.4. The van der Waals surface area contributed by atoms with Gasteiger partial charge >= 0.3 is 0 Å². The standard InChI is InChI=1S/C23H23ClFN3O5/c1-23(2)22(31)28(13-20(29)27-7-9-32-10-8-27)18-11-14(3-6-19(18)33-23)21(30)26-15-4-5-17(25)16(24)12-15/h3-6,11-12H,7-10,13H2,1-2H3,(H,26,30). The van der Waals surface area contributed by atoms with Gasteiger partial charge in [0.05, 0.1) is 23.9 Å². The molecule has 174 valence electrons. The normalized spacial score (nSPS) is 17.3. The highest BCUT2D eigenvalue weighted by Crippen LogP contribution is 2.38. The topological polar surface area (TPSA) is 88.2 Å². The molecule has 0 aromatic heterocycles. The van der Waals surface area contributed by atoms with E-state index < -0.39 is 17.3 Å². The van der Waals surface area contributed by atoms with Crippen LogP contribution in [-0.2, 0) is 14.3 Å². The molecule has 2 aliphatic rings. The van der Waals surface area contributed by atoms with Gasteiger partial charge in [-0.15, -0.1) is 0 Å². The summed E-state index contributed by atoms with van der Waals surface area (Å²) in [5, 5.41) is 2.53. The summed E-state index contributed by atoms with van der Waals surface area (Å²) in [5.41, 5.74) is -0.302. The van der Waals surface area contributed by atoms with Crippen molar-refractivity contribution in [2.24, 2.45) is 0 Å². The van der Waals surface area contributed by atoms with Crippen molar-refractivity contribution in [3.8, 4) is 5.75 Å². The number of amides is 3. The molecule has 10 heteroatoms. The number of carbonyl (C=O) groups is 3. The Morgan fingerprint density at radius 1 is 1.15 bits per heavy atom. The fourth-order valence-electron chi connectivity index (χ4n) is 3.69. The van der Waals surface area contributed by atoms with Gasteiger partial charge in [-0.25, -0.2) is 4.39 Å². The predicted octanol–water partition coefficient (Wildman–Crippen LogP) is 3.09. The molecule has 0 bridgehead atoms. The lowest BCUT2D eigenvalue weighted by molar-refractivity contribution is -0.138. The van der Waals surface area contributed by atoms with E-state index in [0.29, 0.717) is 43.4 Å². The summed E-state index contributed by atoms with van der Waals surface area (Å²) in [7, 11) is 0. The smallest absolute Gasteiger partial charge is 0.271 e. The summed E-state index contributed by atoms with van der Waals surface area (Å²) >= 11 is 5.78. The average molecular weight is 476 g/mol. The van der Waals surface area contributed by atoms with E-state index >= 15 is 0 Å². The number of benzene rings is 2. The van der Waals surface area contributed by atoms with Crippen LogP contribution in [0.3, 0.4) is 0 Å². The molecule has 3 amide bonds. The van der Waals surface area contributed by atoms with Gasteiger partial charge in [0.25, 0.3) is 11.8 Å². The molecule has 2 heterocycles. The third-order valence-corrected chi connectivity index (χ3v) is 5.76. The molecular formula is C23H23ClFN3O5. The zero-order valence-electron chi connectivity index (χ0n) is 18.2. The lowest BCUT2D eigenvalue weighted by Crippen LogP contribution is -2.56. The van der Waals surface area contributed by atoms with Crippen molar-refractivity contribution in [3.05, 3.63) is 52.8 Å². The second-order valence-electron chi connectivity index (χ2n) is 8.26. The molecule has 0 radical (unpaired) electrons. The van der Waals surface area contributed by atoms with Crippen LogP contribution in [0.2, 0.25) is 5.02 Å². The lowest BCUT2D eigenvalue weighted by Gasteiger charge is -2.39. The largest absolute Gasteiger partial charge is 0.476 e. The van der Waals surface area contributed by atoms with Crippen molar-refractivity contribution in [2.45, 2.75) is 19.4 Å². The summed E-state index contributed by atoms with van der Waals surface area (Å²) < 4.78 is 24.5. The SMILES string of the molecule is CC1(C)Oc2ccc(C(=O)Nc3ccc(F)c(Cl)c3)cc2N(CC(=O)N2CCOCC2)C1=O. The number of hydrogen-bond acceptors (Lipinski definition) is 5. The molecule has 1 N–H and O–H groups in total. The summed E-state index contributed by atoms with van der Waals surface area (Å²) in [6, 6.07) is 8.47. The number of carbonyl (C=O) groups excluding carboxylic acids is 3. The van der Waals surface area contributed by atoms with Gasteiger partial charge in [0, 0.05) is 24.3 Å². The highest BCUT2D eigenvalue weighted by molar-refractivity contribution is 6.31. The number of nitrogens with zero attached hydrogens (tertiary/aromatic N) is 2. The summed E-state index contributed by atoms with van der Waals surface area (Å²) in [5.74, 6) is -1.30. The Bertz CT molecular complexity index is 1120. The van der Waals surface area contributed by atoms with Crippen LogP contribution in [0.5, 0.6) is 5.75 Å². The van der Waals surface area contributed by atoms with Gasteiger partial charge in [-0.05, 0) is 50.2 Å². The van der Waals surface area contributed by atoms with Gasteiger partial charge < -0.3 is 19.7 Å². The minimum Gasteiger partial charge on any atom is -0.476 e. The highest BCUT2D eigenvalue weighted by atomic mass is 35.5. The van der Waals surface area contributed by atoms with Gasteiger partial charge in [0.1, 0.15) is 18.1 Å². The van der Waals surface area contributed by atoms with Crippen molar-refractivity contribution in [1.29, 1.82) is 0 Å². The summed E-state index contributed by atoms with van der Waals surface area (Å²) in [6.07, 6.45) is 0. The van der Waals surface area contributed by atoms with Crippen molar-refractivity contribution in [2.75, 3.05) is 43.1 Å². The van der Waals surface area contributed by atoms with Crippen LogP contribution in [0.25, 0.3) is 0 Å². The van der Waals surface area contributed by atoms with E-state index in [1.807, 2.05) is 0 Å². The van der Waals surface area contributed by atoms with Crippen LogP contribution < -0.4 is 15.0 Å². The molecule has 33 heavy (non-hydrogen) atoms. The van der Waals surface area contributed by atoms with Crippen LogP contribution in [0.1, 0.15) is 24.2 Å². The molecule has 2 aromatic rings. The minimum atomic E-state index is -1.17. The number of halogens is 2. The number of morpholine rings is 1. The second-order valence-corrected chi connectivity index (χ2v) is 8.67. The molecule has 1 saturated heterocycles. The van der Waals surface area contributed by atoms with Gasteiger partial charge in [0.15, 0.2) is 5.60 Å². The van der Waals surface area contributed by atoms with Crippen molar-refractivity contribution in [3.63, 3.8) is 0 Å². The zero-order chi connectivity index (χ0) is 23.8. The van der Waals surface area contributed by atoms with Crippen molar-refractivity contribution >= 4 is 40.7 Å². The number of hydrogen-bond donors (Lipinski definition) is 1. The molecule has 2 aliphatic heterocycles. The van der Waals surface area contributed by atoms with E-state index in [-0.39, 0.29) is 28.9 Å². The van der Waals surface area contributed by atoms with Gasteiger partial charge in [-0.1, -0.05) is 11.6 Å². The molecule has 0 aliphatic carbocycles. The first kappa shape index (κ1) is 23.0. The Hall–Kier alpha value is -3.17. The van der Waals surface area contributed by atoms with Crippen molar-refractivity contribution < 1.29 is 28.2 Å². The predicted molar refractivity (Wildman–Crippen MR) is 120 cm³/mol. The van der Waals surface area contributed by atoms with Crippen LogP contribution in [0, 0.1) is 5.82 Å². The monoisotopic (exact) mass is 475 g/mol. The molecular weight excluding hydrogens is 453 g/mol. The Labute approximate surface area is 195 Å². The molecule has 0 unspecified atom stereocenters. The van der Waals surface area contributed by atoms with Crippen LogP contribution >= 0.6 is 11.6 Å². The third-order valence-electron chi connectivity index (χ3n) is 5.47. The third kappa shape index (κ3) is 4.79. The van der Waals surface area contributed by atoms with Gasteiger partial charge in [-0.3, -0.25) is 19.3 Å². The molecule has 2 aromatic carbocycles. The van der Waals surface area contributed by atoms with Crippen LogP contribution in [-0.4, -0.2) is 61.1 Å². The molecule has 0 saturated carbocycles. The lowest BCUT2D eigenvalue weighted by atomic mass is 10.0. The fourth-order valence-corrected chi connectivity index (χ4v) is 3.87. The first-order chi connectivity index (χ1) is 15.7. The zero-order valence-corrected chi connectivity index (χ0v) is 18.9. The highest BCUT2D eigenvalue weighted by Gasteiger charge is 2.42. The summed E-state index contributed by atoms with van der Waals surface area (Å²) in [4.78, 5) is 41.8. The molecule has 0 spiro atoms. The van der Waals surface area contributed by atoms with E-state index in [9.17, 15) is 18.8 Å². The maximum absolute atomic E-state index is 13.4. The number of rotatable bonds is 4.